The first-order chi connectivity index (χ1) is 7.49. The van der Waals surface area contributed by atoms with E-state index in [1.165, 1.54) is 13.0 Å². The van der Waals surface area contributed by atoms with Crippen LogP contribution in [-0.4, -0.2) is 4.92 Å². The summed E-state index contributed by atoms with van der Waals surface area (Å²) < 4.78 is 0. The first kappa shape index (κ1) is 11.7. The van der Waals surface area contributed by atoms with Gasteiger partial charge in [-0.25, -0.2) is 0 Å². The third kappa shape index (κ3) is 2.01. The lowest BCUT2D eigenvalue weighted by atomic mass is 10.0. The van der Waals surface area contributed by atoms with Gasteiger partial charge >= 0.3 is 0 Å². The lowest BCUT2D eigenvalue weighted by Gasteiger charge is -2.07. The van der Waals surface area contributed by atoms with Crippen molar-refractivity contribution in [3.8, 4) is 6.07 Å². The van der Waals surface area contributed by atoms with Gasteiger partial charge in [-0.3, -0.25) is 10.1 Å². The third-order valence-corrected chi connectivity index (χ3v) is 2.29. The van der Waals surface area contributed by atoms with Gasteiger partial charge in [-0.05, 0) is 19.4 Å². The molecule has 0 saturated carbocycles. The molecule has 2 N–H and O–H groups in total. The number of rotatable bonds is 2. The molecule has 0 aliphatic rings. The van der Waals surface area contributed by atoms with Gasteiger partial charge in [-0.2, -0.15) is 5.26 Å². The van der Waals surface area contributed by atoms with Gasteiger partial charge in [0.1, 0.15) is 0 Å². The third-order valence-electron chi connectivity index (χ3n) is 2.29. The summed E-state index contributed by atoms with van der Waals surface area (Å²) in [6, 6.07) is 6.57. The summed E-state index contributed by atoms with van der Waals surface area (Å²) in [6.07, 6.45) is 0. The number of allylic oxidation sites excluding steroid dienone is 1. The predicted molar refractivity (Wildman–Crippen MR) is 60.2 cm³/mol. The van der Waals surface area contributed by atoms with Crippen molar-refractivity contribution >= 4 is 11.4 Å². The van der Waals surface area contributed by atoms with Crippen LogP contribution in [-0.2, 0) is 0 Å². The van der Waals surface area contributed by atoms with Gasteiger partial charge in [0.15, 0.2) is 0 Å². The first-order valence-electron chi connectivity index (χ1n) is 4.60. The van der Waals surface area contributed by atoms with E-state index in [1.807, 2.05) is 6.07 Å². The standard InChI is InChI=1S/C11H11N3O2/c1-7-4-3-5-9(14(15)16)10(7)11(13)8(2)6-12/h3-5H,13H2,1-2H3/b11-8-. The van der Waals surface area contributed by atoms with E-state index in [9.17, 15) is 10.1 Å². The molecule has 5 heteroatoms. The zero-order valence-electron chi connectivity index (χ0n) is 9.02. The van der Waals surface area contributed by atoms with Crippen LogP contribution in [0.3, 0.4) is 0 Å². The Labute approximate surface area is 93.0 Å². The minimum Gasteiger partial charge on any atom is -0.397 e. The zero-order chi connectivity index (χ0) is 12.3. The van der Waals surface area contributed by atoms with Crippen molar-refractivity contribution in [2.24, 2.45) is 5.73 Å². The fourth-order valence-electron chi connectivity index (χ4n) is 1.40. The van der Waals surface area contributed by atoms with E-state index in [0.717, 1.165) is 0 Å². The van der Waals surface area contributed by atoms with Gasteiger partial charge in [0.2, 0.25) is 0 Å². The summed E-state index contributed by atoms with van der Waals surface area (Å²) >= 11 is 0. The molecule has 0 fully saturated rings. The van der Waals surface area contributed by atoms with Crippen molar-refractivity contribution < 1.29 is 4.92 Å². The van der Waals surface area contributed by atoms with Gasteiger partial charge in [-0.1, -0.05) is 12.1 Å². The van der Waals surface area contributed by atoms with Crippen molar-refractivity contribution in [2.45, 2.75) is 13.8 Å². The Morgan fingerprint density at radius 3 is 2.69 bits per heavy atom. The van der Waals surface area contributed by atoms with Crippen molar-refractivity contribution in [1.29, 1.82) is 5.26 Å². The summed E-state index contributed by atoms with van der Waals surface area (Å²) in [7, 11) is 0. The number of hydrogen-bond donors (Lipinski definition) is 1. The summed E-state index contributed by atoms with van der Waals surface area (Å²) in [6.45, 7) is 3.26. The average molecular weight is 217 g/mol. The maximum Gasteiger partial charge on any atom is 0.278 e. The van der Waals surface area contributed by atoms with Gasteiger partial charge in [0.25, 0.3) is 5.69 Å². The fraction of sp³-hybridized carbons (Fsp3) is 0.182. The van der Waals surface area contributed by atoms with Crippen LogP contribution in [0, 0.1) is 28.4 Å². The van der Waals surface area contributed by atoms with Gasteiger partial charge < -0.3 is 5.73 Å². The molecule has 16 heavy (non-hydrogen) atoms. The molecule has 0 spiro atoms. The lowest BCUT2D eigenvalue weighted by molar-refractivity contribution is -0.385. The number of benzene rings is 1. The molecule has 1 aromatic carbocycles. The van der Waals surface area contributed by atoms with Gasteiger partial charge in [0, 0.05) is 6.07 Å². The quantitative estimate of drug-likeness (QED) is 0.466. The fourth-order valence-corrected chi connectivity index (χ4v) is 1.40. The van der Waals surface area contributed by atoms with Crippen molar-refractivity contribution in [3.05, 3.63) is 45.0 Å². The van der Waals surface area contributed by atoms with Crippen LogP contribution >= 0.6 is 0 Å². The average Bonchev–Trinajstić information content (AvgIpc) is 2.26. The molecule has 0 unspecified atom stereocenters. The number of nitro groups is 1. The zero-order valence-corrected chi connectivity index (χ0v) is 9.02. The summed E-state index contributed by atoms with van der Waals surface area (Å²) in [5.41, 5.74) is 7.11. The van der Waals surface area contributed by atoms with Gasteiger partial charge in [-0.15, -0.1) is 0 Å². The summed E-state index contributed by atoms with van der Waals surface area (Å²) in [5.74, 6) is 0. The summed E-state index contributed by atoms with van der Waals surface area (Å²) in [4.78, 5) is 10.3. The Morgan fingerprint density at radius 2 is 2.19 bits per heavy atom. The molecule has 0 saturated heterocycles. The highest BCUT2D eigenvalue weighted by Crippen LogP contribution is 2.27. The second-order valence-electron chi connectivity index (χ2n) is 3.38. The minimum atomic E-state index is -0.500. The molecule has 0 aliphatic heterocycles. The van der Waals surface area contributed by atoms with Crippen LogP contribution in [0.15, 0.2) is 23.8 Å². The smallest absolute Gasteiger partial charge is 0.278 e. The van der Waals surface area contributed by atoms with Crippen LogP contribution in [0.1, 0.15) is 18.1 Å². The Hall–Kier alpha value is -2.35. The molecule has 0 heterocycles. The first-order valence-corrected chi connectivity index (χ1v) is 4.60. The van der Waals surface area contributed by atoms with Crippen molar-refractivity contribution in [1.82, 2.24) is 0 Å². The van der Waals surface area contributed by atoms with Gasteiger partial charge in [0.05, 0.1) is 27.8 Å². The number of hydrogen-bond acceptors (Lipinski definition) is 4. The Morgan fingerprint density at radius 1 is 1.56 bits per heavy atom. The van der Waals surface area contributed by atoms with Crippen LogP contribution in [0.2, 0.25) is 0 Å². The van der Waals surface area contributed by atoms with Crippen LogP contribution in [0.5, 0.6) is 0 Å². The van der Waals surface area contributed by atoms with E-state index >= 15 is 0 Å². The highest BCUT2D eigenvalue weighted by atomic mass is 16.6. The van der Waals surface area contributed by atoms with Crippen LogP contribution < -0.4 is 5.73 Å². The maximum absolute atomic E-state index is 10.8. The number of nitrogens with zero attached hydrogens (tertiary/aromatic N) is 2. The van der Waals surface area contributed by atoms with E-state index in [-0.39, 0.29) is 17.0 Å². The van der Waals surface area contributed by atoms with E-state index in [0.29, 0.717) is 11.1 Å². The maximum atomic E-state index is 10.8. The monoisotopic (exact) mass is 217 g/mol. The molecular formula is C11H11N3O2. The number of nitriles is 1. The highest BCUT2D eigenvalue weighted by Gasteiger charge is 2.18. The molecule has 0 amide bonds. The number of nitrogens with two attached hydrogens (primary N) is 1. The molecule has 0 atom stereocenters. The molecular weight excluding hydrogens is 206 g/mol. The molecule has 1 rings (SSSR count). The van der Waals surface area contributed by atoms with Crippen molar-refractivity contribution in [3.63, 3.8) is 0 Å². The highest BCUT2D eigenvalue weighted by molar-refractivity contribution is 5.77. The van der Waals surface area contributed by atoms with Crippen LogP contribution in [0.4, 0.5) is 5.69 Å². The lowest BCUT2D eigenvalue weighted by Crippen LogP contribution is -2.05. The molecule has 0 aliphatic carbocycles. The number of nitro benzene ring substituents is 1. The largest absolute Gasteiger partial charge is 0.397 e. The second-order valence-corrected chi connectivity index (χ2v) is 3.38. The second kappa shape index (κ2) is 4.45. The molecule has 0 bridgehead atoms. The van der Waals surface area contributed by atoms with Crippen LogP contribution in [0.25, 0.3) is 5.70 Å². The Kier molecular flexibility index (Phi) is 3.26. The Balaban J connectivity index is 3.56. The van der Waals surface area contributed by atoms with E-state index in [1.54, 1.807) is 19.1 Å². The minimum absolute atomic E-state index is 0.0768. The molecule has 5 nitrogen and oxygen atoms in total. The molecule has 0 radical (unpaired) electrons. The van der Waals surface area contributed by atoms with E-state index in [4.69, 9.17) is 11.0 Å². The molecule has 82 valence electrons. The van der Waals surface area contributed by atoms with E-state index < -0.39 is 4.92 Å². The van der Waals surface area contributed by atoms with Crippen molar-refractivity contribution in [2.75, 3.05) is 0 Å². The SMILES string of the molecule is C/C(C#N)=C(/N)c1c(C)cccc1[N+](=O)[O-]. The molecule has 1 aromatic rings. The normalized spacial score (nSPS) is 11.6. The Bertz CT molecular complexity index is 512. The number of aryl methyl sites for hydroxylation is 1. The predicted octanol–water partition coefficient (Wildman–Crippen LogP) is 2.12. The van der Waals surface area contributed by atoms with E-state index in [2.05, 4.69) is 0 Å². The summed E-state index contributed by atoms with van der Waals surface area (Å²) in [5, 5.41) is 19.6. The molecule has 0 aromatic heterocycles. The topological polar surface area (TPSA) is 93.0 Å².